The third-order valence-corrected chi connectivity index (χ3v) is 10.6. The molecule has 1 aliphatic heterocycles. The minimum absolute atomic E-state index is 0.0110. The quantitative estimate of drug-likeness (QED) is 0.176. The van der Waals surface area contributed by atoms with Crippen molar-refractivity contribution in [2.45, 2.75) is 83.8 Å². The van der Waals surface area contributed by atoms with Crippen LogP contribution in [0.4, 0.5) is 4.79 Å². The second-order valence-corrected chi connectivity index (χ2v) is 16.4. The number of nitrogens with zero attached hydrogens (tertiary/aromatic N) is 5. The number of hydrogen-bond donors (Lipinski definition) is 3. The predicted molar refractivity (Wildman–Crippen MR) is 194 cm³/mol. The Labute approximate surface area is 300 Å². The first-order valence-electron chi connectivity index (χ1n) is 17.2. The number of benzene rings is 2. The standard InChI is InChI=1S/C37H50N6O7S/c1-26(2)22-42(51(49,50)31-16-14-28(15-17-31)21-38-48)24-33(45)32(20-27-10-7-6-8-11-27)40-35(46)34(37(3,4)5)43-19-18-41(36(43)47)23-29-12-9-13-30(25-44)39-29/h6-17,26,32-34,44-45H,18-25H2,1-5H3,(H,40,46)/t32-,33+,34+/m0/s1. The van der Waals surface area contributed by atoms with E-state index in [1.807, 2.05) is 65.0 Å². The number of nitrogens with one attached hydrogen (secondary N) is 1. The van der Waals surface area contributed by atoms with Crippen molar-refractivity contribution in [3.63, 3.8) is 0 Å². The number of urea groups is 1. The molecule has 1 saturated heterocycles. The molecule has 14 heteroatoms. The van der Waals surface area contributed by atoms with Crippen LogP contribution in [0, 0.1) is 16.2 Å². The van der Waals surface area contributed by atoms with Gasteiger partial charge in [0.05, 0.1) is 41.6 Å². The molecular formula is C37H50N6O7S. The molecule has 0 aliphatic carbocycles. The number of carbonyl (C=O) groups excluding carboxylic acids is 2. The highest BCUT2D eigenvalue weighted by Crippen LogP contribution is 2.29. The van der Waals surface area contributed by atoms with Gasteiger partial charge in [-0.05, 0) is 53.1 Å². The Morgan fingerprint density at radius 3 is 2.24 bits per heavy atom. The van der Waals surface area contributed by atoms with Gasteiger partial charge in [0.1, 0.15) is 12.6 Å². The third-order valence-electron chi connectivity index (χ3n) is 8.74. The molecule has 51 heavy (non-hydrogen) atoms. The van der Waals surface area contributed by atoms with E-state index < -0.39 is 39.5 Å². The molecule has 1 aromatic heterocycles. The van der Waals surface area contributed by atoms with Crippen molar-refractivity contribution >= 4 is 22.0 Å². The lowest BCUT2D eigenvalue weighted by Gasteiger charge is -2.38. The average molecular weight is 723 g/mol. The van der Waals surface area contributed by atoms with Gasteiger partial charge in [0.2, 0.25) is 15.9 Å². The van der Waals surface area contributed by atoms with Gasteiger partial charge in [0.15, 0.2) is 0 Å². The summed E-state index contributed by atoms with van der Waals surface area (Å²) in [7, 11) is -4.08. The van der Waals surface area contributed by atoms with Crippen LogP contribution < -0.4 is 5.32 Å². The highest BCUT2D eigenvalue weighted by atomic mass is 32.2. The Balaban J connectivity index is 1.59. The molecule has 3 atom stereocenters. The zero-order valence-electron chi connectivity index (χ0n) is 30.0. The number of carbonyl (C=O) groups is 2. The largest absolute Gasteiger partial charge is 0.390 e. The molecule has 1 aliphatic rings. The second kappa shape index (κ2) is 17.3. The molecule has 3 aromatic rings. The van der Waals surface area contributed by atoms with Crippen molar-refractivity contribution in [3.8, 4) is 0 Å². The van der Waals surface area contributed by atoms with E-state index in [1.165, 1.54) is 33.5 Å². The van der Waals surface area contributed by atoms with Crippen molar-refractivity contribution in [1.82, 2.24) is 24.4 Å². The number of pyridine rings is 1. The fraction of sp³-hybridized carbons (Fsp3) is 0.486. The highest BCUT2D eigenvalue weighted by molar-refractivity contribution is 7.89. The SMILES string of the molecule is CC(C)CN(C[C@@H](O)[C@H](Cc1ccccc1)NC(=O)[C@@H](N1CCN(Cc2cccc(CO)n2)C1=O)C(C)(C)C)S(=O)(=O)c1ccc(CN=O)cc1. The molecule has 13 nitrogen and oxygen atoms in total. The topological polar surface area (TPSA) is 173 Å². The lowest BCUT2D eigenvalue weighted by Crippen LogP contribution is -2.59. The fourth-order valence-electron chi connectivity index (χ4n) is 6.31. The smallest absolute Gasteiger partial charge is 0.321 e. The molecule has 3 N–H and O–H groups in total. The molecule has 1 fully saturated rings. The van der Waals surface area contributed by atoms with Crippen LogP contribution in [0.5, 0.6) is 0 Å². The first-order valence-corrected chi connectivity index (χ1v) is 18.6. The van der Waals surface area contributed by atoms with Crippen LogP contribution in [0.2, 0.25) is 0 Å². The molecule has 0 bridgehead atoms. The normalized spacial score (nSPS) is 15.7. The summed E-state index contributed by atoms with van der Waals surface area (Å²) in [5.74, 6) is -0.542. The molecule has 0 unspecified atom stereocenters. The van der Waals surface area contributed by atoms with E-state index in [9.17, 15) is 33.1 Å². The molecule has 276 valence electrons. The van der Waals surface area contributed by atoms with E-state index in [-0.39, 0.29) is 56.1 Å². The summed E-state index contributed by atoms with van der Waals surface area (Å²) in [6.07, 6.45) is -1.11. The average Bonchev–Trinajstić information content (AvgIpc) is 3.42. The molecule has 3 amide bonds. The second-order valence-electron chi connectivity index (χ2n) is 14.5. The summed E-state index contributed by atoms with van der Waals surface area (Å²) in [5, 5.41) is 27.2. The van der Waals surface area contributed by atoms with Crippen LogP contribution in [0.25, 0.3) is 0 Å². The minimum Gasteiger partial charge on any atom is -0.390 e. The Bertz CT molecular complexity index is 1730. The Morgan fingerprint density at radius 2 is 1.63 bits per heavy atom. The third kappa shape index (κ3) is 10.4. The van der Waals surface area contributed by atoms with Crippen LogP contribution in [0.15, 0.2) is 82.9 Å². The van der Waals surface area contributed by atoms with Gasteiger partial charge in [-0.15, -0.1) is 0 Å². The van der Waals surface area contributed by atoms with Crippen LogP contribution in [-0.2, 0) is 40.9 Å². The summed E-state index contributed by atoms with van der Waals surface area (Å²) in [5.41, 5.74) is 1.81. The van der Waals surface area contributed by atoms with E-state index in [4.69, 9.17) is 0 Å². The van der Waals surface area contributed by atoms with Crippen molar-refractivity contribution < 1.29 is 28.2 Å². The zero-order chi connectivity index (χ0) is 37.3. The molecule has 0 radical (unpaired) electrons. The number of rotatable bonds is 17. The van der Waals surface area contributed by atoms with Gasteiger partial charge in [-0.3, -0.25) is 9.78 Å². The Kier molecular flexibility index (Phi) is 13.4. The van der Waals surface area contributed by atoms with Crippen molar-refractivity contribution in [3.05, 3.63) is 100 Å². The predicted octanol–water partition coefficient (Wildman–Crippen LogP) is 3.93. The lowest BCUT2D eigenvalue weighted by molar-refractivity contribution is -0.130. The maximum Gasteiger partial charge on any atom is 0.321 e. The van der Waals surface area contributed by atoms with E-state index in [2.05, 4.69) is 15.5 Å². The van der Waals surface area contributed by atoms with Crippen molar-refractivity contribution in [2.75, 3.05) is 26.2 Å². The summed E-state index contributed by atoms with van der Waals surface area (Å²) >= 11 is 0. The van der Waals surface area contributed by atoms with Gasteiger partial charge in [0, 0.05) is 26.2 Å². The molecular weight excluding hydrogens is 673 g/mol. The number of aromatic nitrogens is 1. The molecule has 0 spiro atoms. The van der Waals surface area contributed by atoms with Crippen LogP contribution in [-0.4, -0.2) is 94.0 Å². The molecule has 0 saturated carbocycles. The summed E-state index contributed by atoms with van der Waals surface area (Å²) in [6.45, 7) is 9.76. The van der Waals surface area contributed by atoms with Gasteiger partial charge in [-0.1, -0.05) is 88.3 Å². The number of aliphatic hydroxyl groups is 2. The molecule has 2 aromatic carbocycles. The van der Waals surface area contributed by atoms with Crippen LogP contribution in [0.3, 0.4) is 0 Å². The van der Waals surface area contributed by atoms with E-state index in [0.717, 1.165) is 5.56 Å². The van der Waals surface area contributed by atoms with Gasteiger partial charge in [0.25, 0.3) is 0 Å². The number of nitroso groups, excluding NO2 is 1. The van der Waals surface area contributed by atoms with E-state index in [0.29, 0.717) is 30.0 Å². The van der Waals surface area contributed by atoms with Gasteiger partial charge in [-0.25, -0.2) is 13.2 Å². The van der Waals surface area contributed by atoms with Gasteiger partial charge < -0.3 is 25.3 Å². The van der Waals surface area contributed by atoms with E-state index in [1.54, 1.807) is 23.1 Å². The lowest BCUT2D eigenvalue weighted by atomic mass is 9.84. The number of sulfonamides is 1. The first kappa shape index (κ1) is 39.5. The van der Waals surface area contributed by atoms with Gasteiger partial charge in [-0.2, -0.15) is 9.21 Å². The summed E-state index contributed by atoms with van der Waals surface area (Å²) < 4.78 is 29.0. The maximum atomic E-state index is 14.3. The number of amides is 3. The van der Waals surface area contributed by atoms with Crippen LogP contribution >= 0.6 is 0 Å². The number of hydrogen-bond acceptors (Lipinski definition) is 9. The molecule has 2 heterocycles. The first-order chi connectivity index (χ1) is 24.1. The highest BCUT2D eigenvalue weighted by Gasteiger charge is 2.44. The Morgan fingerprint density at radius 1 is 0.961 bits per heavy atom. The van der Waals surface area contributed by atoms with Crippen molar-refractivity contribution in [2.24, 2.45) is 16.5 Å². The minimum atomic E-state index is -4.08. The molecule has 4 rings (SSSR count). The Hall–Kier alpha value is -4.24. The summed E-state index contributed by atoms with van der Waals surface area (Å²) in [4.78, 5) is 46.3. The summed E-state index contributed by atoms with van der Waals surface area (Å²) in [6, 6.07) is 18.3. The van der Waals surface area contributed by atoms with Gasteiger partial charge >= 0.3 is 6.03 Å². The number of aliphatic hydroxyl groups excluding tert-OH is 2. The van der Waals surface area contributed by atoms with E-state index >= 15 is 0 Å². The zero-order valence-corrected chi connectivity index (χ0v) is 30.8. The van der Waals surface area contributed by atoms with Crippen molar-refractivity contribution in [1.29, 1.82) is 0 Å². The maximum absolute atomic E-state index is 14.3. The van der Waals surface area contributed by atoms with Crippen LogP contribution in [0.1, 0.15) is 57.1 Å². The fourth-order valence-corrected chi connectivity index (χ4v) is 7.93. The monoisotopic (exact) mass is 722 g/mol.